The molecule has 0 aromatic heterocycles. The van der Waals surface area contributed by atoms with E-state index in [2.05, 4.69) is 4.90 Å². The lowest BCUT2D eigenvalue weighted by molar-refractivity contribution is -0.118. The Bertz CT molecular complexity index is 570. The average Bonchev–Trinajstić information content (AvgIpc) is 2.63. The fraction of sp³-hybridized carbons (Fsp3) is 0.316. The maximum atomic E-state index is 12.9. The molecular formula is C19H22N2O2. The molecule has 4 heteroatoms. The molecule has 1 aliphatic rings. The topological polar surface area (TPSA) is 32.8 Å². The van der Waals surface area contributed by atoms with Crippen LogP contribution < -0.4 is 4.90 Å². The van der Waals surface area contributed by atoms with Crippen molar-refractivity contribution >= 4 is 17.3 Å². The van der Waals surface area contributed by atoms with Gasteiger partial charge in [-0.15, -0.1) is 0 Å². The number of para-hydroxylation sites is 2. The summed E-state index contributed by atoms with van der Waals surface area (Å²) >= 11 is 0. The van der Waals surface area contributed by atoms with Crippen LogP contribution in [0, 0.1) is 0 Å². The number of carbonyl (C=O) groups excluding carboxylic acids is 1. The lowest BCUT2D eigenvalue weighted by atomic mass is 10.2. The Morgan fingerprint density at radius 3 is 1.96 bits per heavy atom. The number of nitrogens with zero attached hydrogens (tertiary/aromatic N) is 2. The number of morpholine rings is 1. The summed E-state index contributed by atoms with van der Waals surface area (Å²) in [5.41, 5.74) is 1.82. The number of carbonyl (C=O) groups is 1. The summed E-state index contributed by atoms with van der Waals surface area (Å²) in [5.74, 6) is 0.119. The zero-order valence-electron chi connectivity index (χ0n) is 13.2. The molecule has 120 valence electrons. The van der Waals surface area contributed by atoms with Crippen LogP contribution in [0.15, 0.2) is 60.7 Å². The predicted molar refractivity (Wildman–Crippen MR) is 91.9 cm³/mol. The van der Waals surface area contributed by atoms with E-state index >= 15 is 0 Å². The van der Waals surface area contributed by atoms with Crippen molar-refractivity contribution in [3.8, 4) is 0 Å². The van der Waals surface area contributed by atoms with E-state index in [-0.39, 0.29) is 5.91 Å². The quantitative estimate of drug-likeness (QED) is 0.851. The molecular weight excluding hydrogens is 288 g/mol. The van der Waals surface area contributed by atoms with Crippen molar-refractivity contribution in [3.05, 3.63) is 60.7 Å². The number of amides is 1. The normalized spacial score (nSPS) is 15.3. The van der Waals surface area contributed by atoms with Gasteiger partial charge in [0.25, 0.3) is 0 Å². The van der Waals surface area contributed by atoms with Gasteiger partial charge >= 0.3 is 0 Å². The molecule has 1 fully saturated rings. The SMILES string of the molecule is O=C(CCN1CCOCC1)N(c1ccccc1)c1ccccc1. The Morgan fingerprint density at radius 2 is 1.43 bits per heavy atom. The molecule has 0 N–H and O–H groups in total. The van der Waals surface area contributed by atoms with Gasteiger partial charge < -0.3 is 4.74 Å². The molecule has 3 rings (SSSR count). The average molecular weight is 310 g/mol. The first-order chi connectivity index (χ1) is 11.3. The zero-order chi connectivity index (χ0) is 15.9. The summed E-state index contributed by atoms with van der Waals surface area (Å²) in [7, 11) is 0. The first-order valence-electron chi connectivity index (χ1n) is 8.08. The molecule has 2 aromatic rings. The number of ether oxygens (including phenoxy) is 1. The predicted octanol–water partition coefficient (Wildman–Crippen LogP) is 3.07. The highest BCUT2D eigenvalue weighted by Crippen LogP contribution is 2.25. The van der Waals surface area contributed by atoms with E-state index < -0.39 is 0 Å². The summed E-state index contributed by atoms with van der Waals surface area (Å²) < 4.78 is 5.36. The van der Waals surface area contributed by atoms with E-state index in [1.54, 1.807) is 4.90 Å². The van der Waals surface area contributed by atoms with Gasteiger partial charge in [0.2, 0.25) is 5.91 Å². The van der Waals surface area contributed by atoms with Crippen molar-refractivity contribution in [1.29, 1.82) is 0 Å². The van der Waals surface area contributed by atoms with Crippen LogP contribution in [0.5, 0.6) is 0 Å². The Morgan fingerprint density at radius 1 is 0.913 bits per heavy atom. The second-order valence-corrected chi connectivity index (χ2v) is 5.60. The van der Waals surface area contributed by atoms with Gasteiger partial charge in [-0.2, -0.15) is 0 Å². The second kappa shape index (κ2) is 7.90. The van der Waals surface area contributed by atoms with Crippen molar-refractivity contribution in [2.24, 2.45) is 0 Å². The molecule has 0 unspecified atom stereocenters. The number of hydrogen-bond donors (Lipinski definition) is 0. The van der Waals surface area contributed by atoms with Crippen molar-refractivity contribution in [2.75, 3.05) is 37.7 Å². The van der Waals surface area contributed by atoms with Gasteiger partial charge in [-0.3, -0.25) is 14.6 Å². The van der Waals surface area contributed by atoms with Crippen molar-refractivity contribution in [1.82, 2.24) is 4.90 Å². The smallest absolute Gasteiger partial charge is 0.232 e. The van der Waals surface area contributed by atoms with E-state index in [0.717, 1.165) is 44.2 Å². The van der Waals surface area contributed by atoms with Gasteiger partial charge in [0.1, 0.15) is 0 Å². The Hall–Kier alpha value is -2.17. The van der Waals surface area contributed by atoms with Crippen LogP contribution in [0.1, 0.15) is 6.42 Å². The van der Waals surface area contributed by atoms with Crippen molar-refractivity contribution in [2.45, 2.75) is 6.42 Å². The molecule has 1 saturated heterocycles. The summed E-state index contributed by atoms with van der Waals surface area (Å²) in [5, 5.41) is 0. The molecule has 0 saturated carbocycles. The lowest BCUT2D eigenvalue weighted by Gasteiger charge is -2.28. The fourth-order valence-corrected chi connectivity index (χ4v) is 2.78. The van der Waals surface area contributed by atoms with Gasteiger partial charge in [0.15, 0.2) is 0 Å². The van der Waals surface area contributed by atoms with E-state index in [1.165, 1.54) is 0 Å². The molecule has 2 aromatic carbocycles. The van der Waals surface area contributed by atoms with E-state index in [0.29, 0.717) is 6.42 Å². The van der Waals surface area contributed by atoms with Crippen LogP contribution in [-0.2, 0) is 9.53 Å². The minimum Gasteiger partial charge on any atom is -0.379 e. The van der Waals surface area contributed by atoms with Gasteiger partial charge in [-0.1, -0.05) is 36.4 Å². The van der Waals surface area contributed by atoms with Crippen molar-refractivity contribution in [3.63, 3.8) is 0 Å². The minimum absolute atomic E-state index is 0.119. The monoisotopic (exact) mass is 310 g/mol. The molecule has 1 amide bonds. The summed E-state index contributed by atoms with van der Waals surface area (Å²) in [6, 6.07) is 19.6. The first-order valence-corrected chi connectivity index (χ1v) is 8.08. The largest absolute Gasteiger partial charge is 0.379 e. The third-order valence-electron chi connectivity index (χ3n) is 4.02. The Balaban J connectivity index is 1.74. The van der Waals surface area contributed by atoms with E-state index in [1.807, 2.05) is 60.7 Å². The Labute approximate surface area is 137 Å². The standard InChI is InChI=1S/C19H22N2O2/c22-19(11-12-20-13-15-23-16-14-20)21(17-7-3-1-4-8-17)18-9-5-2-6-10-18/h1-10H,11-16H2. The number of rotatable bonds is 5. The molecule has 23 heavy (non-hydrogen) atoms. The number of hydrogen-bond acceptors (Lipinski definition) is 3. The molecule has 0 aliphatic carbocycles. The number of anilines is 2. The van der Waals surface area contributed by atoms with Crippen LogP contribution in [0.4, 0.5) is 11.4 Å². The molecule has 0 bridgehead atoms. The van der Waals surface area contributed by atoms with Gasteiger partial charge in [-0.05, 0) is 24.3 Å². The molecule has 0 radical (unpaired) electrons. The highest BCUT2D eigenvalue weighted by Gasteiger charge is 2.19. The third-order valence-corrected chi connectivity index (χ3v) is 4.02. The molecule has 0 atom stereocenters. The number of benzene rings is 2. The third kappa shape index (κ3) is 4.18. The first kappa shape index (κ1) is 15.7. The molecule has 4 nitrogen and oxygen atoms in total. The second-order valence-electron chi connectivity index (χ2n) is 5.60. The highest BCUT2D eigenvalue weighted by atomic mass is 16.5. The molecule has 0 spiro atoms. The van der Waals surface area contributed by atoms with E-state index in [9.17, 15) is 4.79 Å². The lowest BCUT2D eigenvalue weighted by Crippen LogP contribution is -2.39. The van der Waals surface area contributed by atoms with Crippen LogP contribution in [0.25, 0.3) is 0 Å². The minimum atomic E-state index is 0.119. The van der Waals surface area contributed by atoms with Gasteiger partial charge in [0, 0.05) is 37.4 Å². The van der Waals surface area contributed by atoms with Crippen LogP contribution >= 0.6 is 0 Å². The maximum Gasteiger partial charge on any atom is 0.232 e. The van der Waals surface area contributed by atoms with Crippen molar-refractivity contribution < 1.29 is 9.53 Å². The summed E-state index contributed by atoms with van der Waals surface area (Å²) in [4.78, 5) is 16.9. The van der Waals surface area contributed by atoms with E-state index in [4.69, 9.17) is 4.74 Å². The fourth-order valence-electron chi connectivity index (χ4n) is 2.78. The maximum absolute atomic E-state index is 12.9. The summed E-state index contributed by atoms with van der Waals surface area (Å²) in [6.45, 7) is 4.11. The van der Waals surface area contributed by atoms with Crippen LogP contribution in [0.3, 0.4) is 0 Å². The molecule has 1 aliphatic heterocycles. The zero-order valence-corrected chi connectivity index (χ0v) is 13.2. The molecule has 1 heterocycles. The Kier molecular flexibility index (Phi) is 5.40. The van der Waals surface area contributed by atoms with Crippen LogP contribution in [0.2, 0.25) is 0 Å². The van der Waals surface area contributed by atoms with Gasteiger partial charge in [-0.25, -0.2) is 0 Å². The van der Waals surface area contributed by atoms with Gasteiger partial charge in [0.05, 0.1) is 13.2 Å². The van der Waals surface area contributed by atoms with Crippen LogP contribution in [-0.4, -0.2) is 43.7 Å². The summed E-state index contributed by atoms with van der Waals surface area (Å²) in [6.07, 6.45) is 0.504. The highest BCUT2D eigenvalue weighted by molar-refractivity contribution is 6.00.